The number of nitrogens with two attached hydrogens (primary N) is 1. The van der Waals surface area contributed by atoms with E-state index in [2.05, 4.69) is 25.2 Å². The second-order valence-corrected chi connectivity index (χ2v) is 11.1. The molecule has 0 radical (unpaired) electrons. The summed E-state index contributed by atoms with van der Waals surface area (Å²) in [6.07, 6.45) is 6.94. The van der Waals surface area contributed by atoms with E-state index in [0.29, 0.717) is 40.9 Å². The number of piperidine rings is 1. The Kier molecular flexibility index (Phi) is 6.68. The van der Waals surface area contributed by atoms with Gasteiger partial charge in [-0.05, 0) is 62.0 Å². The molecule has 3 fully saturated rings. The molecule has 3 heterocycles. The van der Waals surface area contributed by atoms with E-state index in [0.717, 1.165) is 56.8 Å². The van der Waals surface area contributed by atoms with Gasteiger partial charge in [0, 0.05) is 29.8 Å². The zero-order valence-electron chi connectivity index (χ0n) is 21.4. The molecule has 2 aromatic heterocycles. The summed E-state index contributed by atoms with van der Waals surface area (Å²) >= 11 is 0. The van der Waals surface area contributed by atoms with Crippen molar-refractivity contribution in [1.29, 1.82) is 0 Å². The van der Waals surface area contributed by atoms with Crippen LogP contribution < -0.4 is 16.0 Å². The highest BCUT2D eigenvalue weighted by molar-refractivity contribution is 5.93. The number of benzene rings is 1. The van der Waals surface area contributed by atoms with Crippen LogP contribution in [-0.2, 0) is 6.18 Å². The van der Waals surface area contributed by atoms with Crippen molar-refractivity contribution in [2.45, 2.75) is 63.2 Å². The lowest BCUT2D eigenvalue weighted by Crippen LogP contribution is -2.41. The average Bonchev–Trinajstić information content (AvgIpc) is 3.66. The van der Waals surface area contributed by atoms with E-state index in [-0.39, 0.29) is 12.1 Å². The molecular formula is C28H31F3N6O2. The molecule has 2 aliphatic carbocycles. The minimum atomic E-state index is -4.49. The van der Waals surface area contributed by atoms with E-state index in [1.54, 1.807) is 24.4 Å². The number of carbonyl (C=O) groups excluding carboxylic acids is 1. The Morgan fingerprint density at radius 2 is 1.92 bits per heavy atom. The van der Waals surface area contributed by atoms with Crippen molar-refractivity contribution >= 4 is 17.7 Å². The first-order valence-corrected chi connectivity index (χ1v) is 13.5. The predicted molar refractivity (Wildman–Crippen MR) is 139 cm³/mol. The van der Waals surface area contributed by atoms with E-state index < -0.39 is 17.8 Å². The van der Waals surface area contributed by atoms with E-state index in [9.17, 15) is 18.0 Å². The number of rotatable bonds is 7. The standard InChI is InChI=1S/C28H31F3N6O2/c29-28(30,31)24-13-34-25(14-33-24)37-15-16-8-20(22(37)9-16)10-17-4-1-2-7-21(17)36-27-35-12-23(39-27)18-5-3-6-19(11-18)26(32)38/h3,5-6,11-14,16-17,20-22H,1-2,4,7-10,15H2,(H2,32,38)(H,35,36)/t16-,17+,20-,21-,22-/m1/s1. The largest absolute Gasteiger partial charge is 0.434 e. The third kappa shape index (κ3) is 5.31. The van der Waals surface area contributed by atoms with Gasteiger partial charge in [0.25, 0.3) is 6.01 Å². The Morgan fingerprint density at radius 3 is 2.67 bits per heavy atom. The van der Waals surface area contributed by atoms with Gasteiger partial charge in [0.2, 0.25) is 5.91 Å². The topological polar surface area (TPSA) is 110 Å². The first-order valence-electron chi connectivity index (χ1n) is 13.5. The van der Waals surface area contributed by atoms with Crippen LogP contribution in [0.4, 0.5) is 25.0 Å². The number of amides is 1. The highest BCUT2D eigenvalue weighted by Crippen LogP contribution is 2.47. The number of oxazole rings is 1. The fourth-order valence-corrected chi connectivity index (χ4v) is 6.82. The zero-order valence-corrected chi connectivity index (χ0v) is 21.4. The lowest BCUT2D eigenvalue weighted by molar-refractivity contribution is -0.141. The van der Waals surface area contributed by atoms with E-state index in [4.69, 9.17) is 10.2 Å². The van der Waals surface area contributed by atoms with Crippen LogP contribution in [0.5, 0.6) is 0 Å². The summed E-state index contributed by atoms with van der Waals surface area (Å²) in [6, 6.07) is 7.92. The van der Waals surface area contributed by atoms with Crippen molar-refractivity contribution in [2.24, 2.45) is 23.5 Å². The van der Waals surface area contributed by atoms with E-state index in [1.807, 2.05) is 6.07 Å². The SMILES string of the molecule is NC(=O)c1cccc(-c2cnc(N[C@@H]3CCCC[C@H]3C[C@H]3C[C@@H]4C[C@H]3N(c3cnc(C(F)(F)F)cn3)C4)o2)c1. The lowest BCUT2D eigenvalue weighted by atomic mass is 9.77. The van der Waals surface area contributed by atoms with Crippen LogP contribution in [0.1, 0.15) is 61.0 Å². The van der Waals surface area contributed by atoms with Crippen LogP contribution in [0.3, 0.4) is 0 Å². The number of aromatic nitrogens is 3. The van der Waals surface area contributed by atoms with Crippen molar-refractivity contribution in [3.05, 3.63) is 54.1 Å². The summed E-state index contributed by atoms with van der Waals surface area (Å²) < 4.78 is 44.8. The number of carbonyl (C=O) groups is 1. The minimum absolute atomic E-state index is 0.223. The molecule has 6 rings (SSSR count). The zero-order chi connectivity index (χ0) is 27.1. The van der Waals surface area contributed by atoms with Crippen molar-refractivity contribution < 1.29 is 22.4 Å². The molecule has 1 aliphatic heterocycles. The number of halogens is 3. The summed E-state index contributed by atoms with van der Waals surface area (Å²) in [5.74, 6) is 2.03. The molecule has 0 spiro atoms. The Labute approximate surface area is 224 Å². The predicted octanol–water partition coefficient (Wildman–Crippen LogP) is 5.53. The number of alkyl halides is 3. The van der Waals surface area contributed by atoms with Gasteiger partial charge in [0.05, 0.1) is 18.6 Å². The molecule has 39 heavy (non-hydrogen) atoms. The number of hydrogen-bond acceptors (Lipinski definition) is 7. The number of primary amides is 1. The Morgan fingerprint density at radius 1 is 1.08 bits per heavy atom. The first kappa shape index (κ1) is 25.6. The fraction of sp³-hybridized carbons (Fsp3) is 0.500. The van der Waals surface area contributed by atoms with Crippen molar-refractivity contribution in [2.75, 3.05) is 16.8 Å². The molecule has 2 bridgehead atoms. The van der Waals surface area contributed by atoms with E-state index >= 15 is 0 Å². The molecule has 8 nitrogen and oxygen atoms in total. The molecule has 1 aromatic carbocycles. The number of anilines is 2. The molecule has 1 amide bonds. The third-order valence-corrected chi connectivity index (χ3v) is 8.59. The molecule has 0 unspecified atom stereocenters. The van der Waals surface area contributed by atoms with Crippen LogP contribution in [0.25, 0.3) is 11.3 Å². The van der Waals surface area contributed by atoms with Gasteiger partial charge in [-0.1, -0.05) is 25.0 Å². The van der Waals surface area contributed by atoms with Gasteiger partial charge in [-0.2, -0.15) is 13.2 Å². The van der Waals surface area contributed by atoms with Gasteiger partial charge in [-0.25, -0.2) is 15.0 Å². The van der Waals surface area contributed by atoms with Crippen molar-refractivity contribution in [1.82, 2.24) is 15.0 Å². The molecular weight excluding hydrogens is 509 g/mol. The molecule has 206 valence electrons. The summed E-state index contributed by atoms with van der Waals surface area (Å²) in [5.41, 5.74) is 5.60. The third-order valence-electron chi connectivity index (χ3n) is 8.59. The summed E-state index contributed by atoms with van der Waals surface area (Å²) in [6.45, 7) is 0.823. The second-order valence-electron chi connectivity index (χ2n) is 11.1. The summed E-state index contributed by atoms with van der Waals surface area (Å²) in [5, 5.41) is 3.53. The van der Waals surface area contributed by atoms with Gasteiger partial charge in [-0.3, -0.25) is 4.79 Å². The van der Waals surface area contributed by atoms with Gasteiger partial charge in [-0.15, -0.1) is 0 Å². The van der Waals surface area contributed by atoms with Crippen LogP contribution in [0, 0.1) is 17.8 Å². The Balaban J connectivity index is 1.12. The summed E-state index contributed by atoms with van der Waals surface area (Å²) in [4.78, 5) is 25.9. The molecule has 1 saturated heterocycles. The van der Waals surface area contributed by atoms with Crippen LogP contribution >= 0.6 is 0 Å². The number of nitrogens with zero attached hydrogens (tertiary/aromatic N) is 4. The normalized spacial score (nSPS) is 26.6. The highest BCUT2D eigenvalue weighted by Gasteiger charge is 2.47. The quantitative estimate of drug-likeness (QED) is 0.406. The summed E-state index contributed by atoms with van der Waals surface area (Å²) in [7, 11) is 0. The van der Waals surface area contributed by atoms with Crippen molar-refractivity contribution in [3.63, 3.8) is 0 Å². The maximum Gasteiger partial charge on any atom is 0.434 e. The van der Waals surface area contributed by atoms with Gasteiger partial charge >= 0.3 is 6.18 Å². The molecule has 2 saturated carbocycles. The molecule has 3 aromatic rings. The number of hydrogen-bond donors (Lipinski definition) is 2. The van der Waals surface area contributed by atoms with Gasteiger partial charge in [0.15, 0.2) is 11.5 Å². The Hall–Kier alpha value is -3.63. The van der Waals surface area contributed by atoms with Gasteiger partial charge in [0.1, 0.15) is 5.82 Å². The number of fused-ring (bicyclic) bond motifs is 2. The molecule has 11 heteroatoms. The maximum absolute atomic E-state index is 12.9. The van der Waals surface area contributed by atoms with Gasteiger partial charge < -0.3 is 20.4 Å². The first-order chi connectivity index (χ1) is 18.7. The average molecular weight is 541 g/mol. The second kappa shape index (κ2) is 10.2. The van der Waals surface area contributed by atoms with Crippen LogP contribution in [0.2, 0.25) is 0 Å². The monoisotopic (exact) mass is 540 g/mol. The minimum Gasteiger partial charge on any atom is -0.424 e. The van der Waals surface area contributed by atoms with Crippen molar-refractivity contribution in [3.8, 4) is 11.3 Å². The van der Waals surface area contributed by atoms with Crippen LogP contribution in [0.15, 0.2) is 47.3 Å². The van der Waals surface area contributed by atoms with E-state index in [1.165, 1.54) is 12.6 Å². The maximum atomic E-state index is 12.9. The molecule has 3 N–H and O–H groups in total. The number of nitrogens with one attached hydrogen (secondary N) is 1. The molecule has 5 atom stereocenters. The Bertz CT molecular complexity index is 1330. The van der Waals surface area contributed by atoms with Crippen LogP contribution in [-0.4, -0.2) is 39.5 Å². The smallest absolute Gasteiger partial charge is 0.424 e. The highest BCUT2D eigenvalue weighted by atomic mass is 19.4. The lowest BCUT2D eigenvalue weighted by Gasteiger charge is -2.39. The molecule has 3 aliphatic rings. The fourth-order valence-electron chi connectivity index (χ4n) is 6.82.